The van der Waals surface area contributed by atoms with Crippen LogP contribution in [0.3, 0.4) is 0 Å². The normalized spacial score (nSPS) is 14.2. The summed E-state index contributed by atoms with van der Waals surface area (Å²) in [5.41, 5.74) is 6.97. The molecule has 1 heterocycles. The second-order valence-electron chi connectivity index (χ2n) is 4.78. The maximum atomic E-state index is 5.86. The predicted molar refractivity (Wildman–Crippen MR) is 82.7 cm³/mol. The average molecular weight is 291 g/mol. The Bertz CT molecular complexity index is 515. The van der Waals surface area contributed by atoms with Gasteiger partial charge in [-0.15, -0.1) is 0 Å². The summed E-state index contributed by atoms with van der Waals surface area (Å²) in [6, 6.07) is 10.0. The van der Waals surface area contributed by atoms with Crippen molar-refractivity contribution in [2.75, 3.05) is 6.54 Å². The van der Waals surface area contributed by atoms with Crippen LogP contribution in [0.15, 0.2) is 34.9 Å². The summed E-state index contributed by atoms with van der Waals surface area (Å²) in [5, 5.41) is 4.66. The Kier molecular flexibility index (Phi) is 5.61. The minimum Gasteiger partial charge on any atom is -0.339 e. The zero-order valence-corrected chi connectivity index (χ0v) is 12.8. The predicted octanol–water partition coefficient (Wildman–Crippen LogP) is 3.19. The van der Waals surface area contributed by atoms with Crippen LogP contribution in [0, 0.1) is 0 Å². The fourth-order valence-electron chi connectivity index (χ4n) is 1.87. The van der Waals surface area contributed by atoms with Gasteiger partial charge in [0.15, 0.2) is 5.82 Å². The van der Waals surface area contributed by atoms with E-state index in [9.17, 15) is 0 Å². The van der Waals surface area contributed by atoms with E-state index in [4.69, 9.17) is 10.3 Å². The lowest BCUT2D eigenvalue weighted by Gasteiger charge is -2.09. The first kappa shape index (κ1) is 15.1. The van der Waals surface area contributed by atoms with Crippen LogP contribution in [0.2, 0.25) is 0 Å². The lowest BCUT2D eigenvalue weighted by Crippen LogP contribution is -2.14. The lowest BCUT2D eigenvalue weighted by atomic mass is 9.99. The van der Waals surface area contributed by atoms with Crippen molar-refractivity contribution < 1.29 is 4.52 Å². The highest BCUT2D eigenvalue weighted by Gasteiger charge is 2.19. The Morgan fingerprint density at radius 3 is 2.70 bits per heavy atom. The van der Waals surface area contributed by atoms with Crippen LogP contribution < -0.4 is 5.73 Å². The third kappa shape index (κ3) is 3.84. The zero-order valence-electron chi connectivity index (χ0n) is 12.0. The highest BCUT2D eigenvalue weighted by atomic mass is 32.2. The molecule has 2 unspecified atom stereocenters. The molecule has 2 rings (SSSR count). The molecule has 1 aromatic carbocycles. The Morgan fingerprint density at radius 1 is 1.30 bits per heavy atom. The number of hydrogen-bond acceptors (Lipinski definition) is 5. The summed E-state index contributed by atoms with van der Waals surface area (Å²) < 4.78 is 5.38. The van der Waals surface area contributed by atoms with Crippen LogP contribution in [0.5, 0.6) is 0 Å². The molecule has 0 amide bonds. The minimum atomic E-state index is -0.0222. The summed E-state index contributed by atoms with van der Waals surface area (Å²) in [6.07, 6.45) is 1.14. The first-order valence-electron chi connectivity index (χ1n) is 6.93. The topological polar surface area (TPSA) is 64.9 Å². The summed E-state index contributed by atoms with van der Waals surface area (Å²) in [6.45, 7) is 4.85. The van der Waals surface area contributed by atoms with E-state index in [0.717, 1.165) is 23.6 Å². The molecule has 0 spiro atoms. The molecule has 0 saturated carbocycles. The Balaban J connectivity index is 2.07. The SMILES string of the molecule is CCC(C)SCc1noc(C(CN)c2ccccc2)n1. The van der Waals surface area contributed by atoms with Crippen molar-refractivity contribution in [2.45, 2.75) is 37.2 Å². The average Bonchev–Trinajstić information content (AvgIpc) is 2.95. The van der Waals surface area contributed by atoms with Crippen LogP contribution in [-0.2, 0) is 5.75 Å². The fraction of sp³-hybridized carbons (Fsp3) is 0.467. The monoisotopic (exact) mass is 291 g/mol. The van der Waals surface area contributed by atoms with Crippen molar-refractivity contribution in [1.82, 2.24) is 10.1 Å². The van der Waals surface area contributed by atoms with Gasteiger partial charge in [0.1, 0.15) is 0 Å². The van der Waals surface area contributed by atoms with Crippen molar-refractivity contribution in [3.8, 4) is 0 Å². The number of nitrogens with zero attached hydrogens (tertiary/aromatic N) is 2. The third-order valence-corrected chi connectivity index (χ3v) is 4.62. The molecule has 4 nitrogen and oxygen atoms in total. The van der Waals surface area contributed by atoms with Gasteiger partial charge >= 0.3 is 0 Å². The van der Waals surface area contributed by atoms with Crippen LogP contribution in [0.4, 0.5) is 0 Å². The van der Waals surface area contributed by atoms with Crippen LogP contribution in [-0.4, -0.2) is 21.9 Å². The Morgan fingerprint density at radius 2 is 2.05 bits per heavy atom. The van der Waals surface area contributed by atoms with E-state index in [2.05, 4.69) is 24.0 Å². The van der Waals surface area contributed by atoms with Gasteiger partial charge in [-0.25, -0.2) is 0 Å². The van der Waals surface area contributed by atoms with Gasteiger partial charge in [-0.05, 0) is 12.0 Å². The first-order valence-corrected chi connectivity index (χ1v) is 7.98. The number of nitrogens with two attached hydrogens (primary N) is 1. The number of rotatable bonds is 7. The van der Waals surface area contributed by atoms with Gasteiger partial charge < -0.3 is 10.3 Å². The molecular weight excluding hydrogens is 270 g/mol. The van der Waals surface area contributed by atoms with Crippen molar-refractivity contribution >= 4 is 11.8 Å². The van der Waals surface area contributed by atoms with Crippen molar-refractivity contribution in [3.05, 3.63) is 47.6 Å². The fourth-order valence-corrected chi connectivity index (χ4v) is 2.65. The number of thioether (sulfide) groups is 1. The summed E-state index contributed by atoms with van der Waals surface area (Å²) in [5.74, 6) is 2.12. The Labute approximate surface area is 124 Å². The Hall–Kier alpha value is -1.33. The largest absolute Gasteiger partial charge is 0.339 e. The van der Waals surface area contributed by atoms with E-state index < -0.39 is 0 Å². The van der Waals surface area contributed by atoms with Gasteiger partial charge in [-0.3, -0.25) is 0 Å². The molecule has 108 valence electrons. The number of aromatic nitrogens is 2. The second kappa shape index (κ2) is 7.45. The molecule has 2 atom stereocenters. The molecular formula is C15H21N3OS. The van der Waals surface area contributed by atoms with Gasteiger partial charge in [-0.2, -0.15) is 16.7 Å². The van der Waals surface area contributed by atoms with E-state index in [1.165, 1.54) is 0 Å². The van der Waals surface area contributed by atoms with E-state index in [0.29, 0.717) is 17.7 Å². The molecule has 2 aromatic rings. The number of hydrogen-bond donors (Lipinski definition) is 1. The molecule has 0 saturated heterocycles. The van der Waals surface area contributed by atoms with Gasteiger partial charge in [0, 0.05) is 11.8 Å². The third-order valence-electron chi connectivity index (χ3n) is 3.29. The highest BCUT2D eigenvalue weighted by molar-refractivity contribution is 7.99. The van der Waals surface area contributed by atoms with Gasteiger partial charge in [-0.1, -0.05) is 49.3 Å². The van der Waals surface area contributed by atoms with E-state index >= 15 is 0 Å². The quantitative estimate of drug-likeness (QED) is 0.848. The summed E-state index contributed by atoms with van der Waals surface area (Å²) in [7, 11) is 0. The molecule has 0 fully saturated rings. The van der Waals surface area contributed by atoms with E-state index in [1.807, 2.05) is 42.1 Å². The van der Waals surface area contributed by atoms with E-state index in [-0.39, 0.29) is 5.92 Å². The maximum Gasteiger partial charge on any atom is 0.235 e. The molecule has 0 aliphatic heterocycles. The molecule has 0 radical (unpaired) electrons. The molecule has 0 aliphatic rings. The lowest BCUT2D eigenvalue weighted by molar-refractivity contribution is 0.363. The van der Waals surface area contributed by atoms with Crippen LogP contribution in [0.25, 0.3) is 0 Å². The highest BCUT2D eigenvalue weighted by Crippen LogP contribution is 2.24. The number of benzene rings is 1. The van der Waals surface area contributed by atoms with Crippen LogP contribution >= 0.6 is 11.8 Å². The first-order chi connectivity index (χ1) is 9.74. The van der Waals surface area contributed by atoms with Gasteiger partial charge in [0.05, 0.1) is 11.7 Å². The van der Waals surface area contributed by atoms with E-state index in [1.54, 1.807) is 0 Å². The zero-order chi connectivity index (χ0) is 14.4. The summed E-state index contributed by atoms with van der Waals surface area (Å²) in [4.78, 5) is 4.49. The van der Waals surface area contributed by atoms with Gasteiger partial charge in [0.2, 0.25) is 5.89 Å². The van der Waals surface area contributed by atoms with Crippen molar-refractivity contribution in [3.63, 3.8) is 0 Å². The van der Waals surface area contributed by atoms with Gasteiger partial charge in [0.25, 0.3) is 0 Å². The maximum absolute atomic E-state index is 5.86. The summed E-state index contributed by atoms with van der Waals surface area (Å²) >= 11 is 1.84. The smallest absolute Gasteiger partial charge is 0.235 e. The molecule has 5 heteroatoms. The molecule has 2 N–H and O–H groups in total. The molecule has 0 aliphatic carbocycles. The standard InChI is InChI=1S/C15H21N3OS/c1-3-11(2)20-10-14-17-15(19-18-14)13(9-16)12-7-5-4-6-8-12/h4-8,11,13H,3,9-10,16H2,1-2H3. The molecule has 0 bridgehead atoms. The molecule has 1 aromatic heterocycles. The molecule has 20 heavy (non-hydrogen) atoms. The van der Waals surface area contributed by atoms with Crippen molar-refractivity contribution in [2.24, 2.45) is 5.73 Å². The van der Waals surface area contributed by atoms with Crippen LogP contribution in [0.1, 0.15) is 43.5 Å². The second-order valence-corrected chi connectivity index (χ2v) is 6.20. The van der Waals surface area contributed by atoms with Crippen molar-refractivity contribution in [1.29, 1.82) is 0 Å². The minimum absolute atomic E-state index is 0.0222.